The number of carboxylic acids is 1. The van der Waals surface area contributed by atoms with Crippen LogP contribution in [0.5, 0.6) is 5.75 Å². The van der Waals surface area contributed by atoms with Crippen molar-refractivity contribution in [3.8, 4) is 5.75 Å². The molecule has 30 heavy (non-hydrogen) atoms. The molecule has 0 aliphatic heterocycles. The van der Waals surface area contributed by atoms with Crippen LogP contribution in [0.4, 0.5) is 5.69 Å². The van der Waals surface area contributed by atoms with Gasteiger partial charge in [-0.1, -0.05) is 58.4 Å². The number of carbonyl (C=O) groups is 2. The Morgan fingerprint density at radius 3 is 2.30 bits per heavy atom. The molecule has 8 nitrogen and oxygen atoms in total. The maximum atomic E-state index is 12.6. The average molecular weight is 421 g/mol. The van der Waals surface area contributed by atoms with Crippen LogP contribution < -0.4 is 4.74 Å². The normalized spacial score (nSPS) is 11.5. The van der Waals surface area contributed by atoms with Gasteiger partial charge in [-0.05, 0) is 25.3 Å². The summed E-state index contributed by atoms with van der Waals surface area (Å²) in [6, 6.07) is 5.26. The number of ether oxygens (including phenoxy) is 2. The molecule has 0 saturated heterocycles. The van der Waals surface area contributed by atoms with E-state index in [0.717, 1.165) is 44.6 Å². The fraction of sp³-hybridized carbons (Fsp3) is 0.545. The Morgan fingerprint density at radius 1 is 1.03 bits per heavy atom. The van der Waals surface area contributed by atoms with Crippen molar-refractivity contribution in [2.75, 3.05) is 6.61 Å². The number of nitro benzene ring substituents is 1. The van der Waals surface area contributed by atoms with Crippen LogP contribution in [0.25, 0.3) is 0 Å². The minimum atomic E-state index is -1.27. The summed E-state index contributed by atoms with van der Waals surface area (Å²) in [6.45, 7) is 4.27. The summed E-state index contributed by atoms with van der Waals surface area (Å²) in [5, 5.41) is 20.7. The highest BCUT2D eigenvalue weighted by atomic mass is 16.6. The molecule has 0 spiro atoms. The quantitative estimate of drug-likeness (QED) is 0.101. The van der Waals surface area contributed by atoms with Crippen LogP contribution in [-0.2, 0) is 14.3 Å². The van der Waals surface area contributed by atoms with Crippen LogP contribution in [0.2, 0.25) is 0 Å². The summed E-state index contributed by atoms with van der Waals surface area (Å²) < 4.78 is 10.8. The maximum absolute atomic E-state index is 12.6. The van der Waals surface area contributed by atoms with Crippen LogP contribution in [0, 0.1) is 10.1 Å². The molecular formula is C22H31NO7. The van der Waals surface area contributed by atoms with Crippen LogP contribution in [0.1, 0.15) is 71.6 Å². The van der Waals surface area contributed by atoms with Gasteiger partial charge < -0.3 is 14.6 Å². The smallest absolute Gasteiger partial charge is 0.374 e. The highest BCUT2D eigenvalue weighted by Crippen LogP contribution is 2.24. The zero-order valence-electron chi connectivity index (χ0n) is 17.7. The van der Waals surface area contributed by atoms with Crippen molar-refractivity contribution >= 4 is 17.6 Å². The third-order valence-corrected chi connectivity index (χ3v) is 4.48. The Balaban J connectivity index is 3.08. The van der Waals surface area contributed by atoms with Crippen molar-refractivity contribution < 1.29 is 29.1 Å². The fourth-order valence-electron chi connectivity index (χ4n) is 2.81. The summed E-state index contributed by atoms with van der Waals surface area (Å²) in [6.07, 6.45) is 7.12. The fourth-order valence-corrected chi connectivity index (χ4v) is 2.81. The first-order chi connectivity index (χ1) is 14.4. The van der Waals surface area contributed by atoms with Gasteiger partial charge >= 0.3 is 11.9 Å². The minimum Gasteiger partial charge on any atom is -0.478 e. The zero-order valence-corrected chi connectivity index (χ0v) is 17.7. The van der Waals surface area contributed by atoms with Gasteiger partial charge in [0.15, 0.2) is 0 Å². The number of non-ortho nitro benzene ring substituents is 1. The number of hydrogen-bond acceptors (Lipinski definition) is 6. The molecule has 0 heterocycles. The molecule has 166 valence electrons. The molecule has 0 aliphatic carbocycles. The van der Waals surface area contributed by atoms with Gasteiger partial charge in [-0.25, -0.2) is 9.59 Å². The zero-order chi connectivity index (χ0) is 22.4. The summed E-state index contributed by atoms with van der Waals surface area (Å²) >= 11 is 0. The molecule has 0 unspecified atom stereocenters. The minimum absolute atomic E-state index is 0.00874. The molecule has 1 aromatic carbocycles. The van der Waals surface area contributed by atoms with Gasteiger partial charge in [0.1, 0.15) is 5.75 Å². The molecule has 0 aromatic heterocycles. The first kappa shape index (κ1) is 25.1. The number of unbranched alkanes of at least 4 members (excludes halogenated alkanes) is 6. The van der Waals surface area contributed by atoms with Crippen LogP contribution >= 0.6 is 0 Å². The first-order valence-corrected chi connectivity index (χ1v) is 10.5. The molecule has 1 N–H and O–H groups in total. The van der Waals surface area contributed by atoms with Crippen molar-refractivity contribution in [3.63, 3.8) is 0 Å². The van der Waals surface area contributed by atoms with Crippen molar-refractivity contribution in [2.24, 2.45) is 0 Å². The van der Waals surface area contributed by atoms with Gasteiger partial charge in [0.2, 0.25) is 5.76 Å². The number of carboxylic acid groups (broad SMARTS) is 1. The van der Waals surface area contributed by atoms with Gasteiger partial charge in [0.05, 0.1) is 23.2 Å². The molecule has 0 bridgehead atoms. The number of aliphatic carboxylic acids is 1. The standard InChI is InChI=1S/C22H31NO7/c1-3-5-7-9-14-19(21(24)25)20(22(26)29-15-10-8-6-4-2)30-18-13-11-12-17(16-18)23(27)28/h11-13,16H,3-10,14-15H2,1-2H3,(H,24,25). The molecule has 0 radical (unpaired) electrons. The van der Waals surface area contributed by atoms with Crippen molar-refractivity contribution in [2.45, 2.75) is 71.6 Å². The predicted octanol–water partition coefficient (Wildman–Crippen LogP) is 5.41. The van der Waals surface area contributed by atoms with Gasteiger partial charge in [-0.2, -0.15) is 0 Å². The summed E-state index contributed by atoms with van der Waals surface area (Å²) in [7, 11) is 0. The van der Waals surface area contributed by atoms with E-state index >= 15 is 0 Å². The molecule has 0 fully saturated rings. The lowest BCUT2D eigenvalue weighted by Gasteiger charge is -2.14. The lowest BCUT2D eigenvalue weighted by Crippen LogP contribution is -2.19. The van der Waals surface area contributed by atoms with Crippen LogP contribution in [-0.4, -0.2) is 28.6 Å². The van der Waals surface area contributed by atoms with Gasteiger partial charge in [0.25, 0.3) is 5.69 Å². The summed E-state index contributed by atoms with van der Waals surface area (Å²) in [4.78, 5) is 34.9. The topological polar surface area (TPSA) is 116 Å². The number of hydrogen-bond donors (Lipinski definition) is 1. The molecule has 0 amide bonds. The second kappa shape index (κ2) is 14.1. The van der Waals surface area contributed by atoms with Gasteiger partial charge in [0, 0.05) is 6.07 Å². The van der Waals surface area contributed by atoms with E-state index in [1.165, 1.54) is 18.2 Å². The molecule has 1 aromatic rings. The Kier molecular flexibility index (Phi) is 11.8. The second-order valence-electron chi connectivity index (χ2n) is 6.98. The second-order valence-corrected chi connectivity index (χ2v) is 6.98. The number of nitro groups is 1. The van der Waals surface area contributed by atoms with E-state index in [9.17, 15) is 24.8 Å². The summed E-state index contributed by atoms with van der Waals surface area (Å²) in [5.41, 5.74) is -0.407. The molecule has 1 rings (SSSR count). The van der Waals surface area contributed by atoms with Crippen molar-refractivity contribution in [1.29, 1.82) is 0 Å². The molecule has 0 saturated carbocycles. The van der Waals surface area contributed by atoms with E-state index in [0.29, 0.717) is 12.8 Å². The average Bonchev–Trinajstić information content (AvgIpc) is 2.72. The SMILES string of the molecule is CCCCCCOC(=O)C(Oc1cccc([N+](=O)[O-])c1)=C(CCCCCC)C(=O)O. The Bertz CT molecular complexity index is 743. The van der Waals surface area contributed by atoms with E-state index in [1.807, 2.05) is 6.92 Å². The van der Waals surface area contributed by atoms with Gasteiger partial charge in [-0.3, -0.25) is 10.1 Å². The number of esters is 1. The number of nitrogens with zero attached hydrogens (tertiary/aromatic N) is 1. The monoisotopic (exact) mass is 421 g/mol. The Morgan fingerprint density at radius 2 is 1.70 bits per heavy atom. The third-order valence-electron chi connectivity index (χ3n) is 4.48. The van der Waals surface area contributed by atoms with Crippen molar-refractivity contribution in [3.05, 3.63) is 45.7 Å². The van der Waals surface area contributed by atoms with E-state index in [1.54, 1.807) is 0 Å². The molecule has 8 heteroatoms. The van der Waals surface area contributed by atoms with E-state index in [4.69, 9.17) is 9.47 Å². The van der Waals surface area contributed by atoms with E-state index in [-0.39, 0.29) is 30.0 Å². The molecular weight excluding hydrogens is 390 g/mol. The lowest BCUT2D eigenvalue weighted by molar-refractivity contribution is -0.384. The number of rotatable bonds is 15. The Labute approximate surface area is 177 Å². The van der Waals surface area contributed by atoms with Crippen LogP contribution in [0.15, 0.2) is 35.6 Å². The van der Waals surface area contributed by atoms with Crippen molar-refractivity contribution in [1.82, 2.24) is 0 Å². The highest BCUT2D eigenvalue weighted by molar-refractivity contribution is 5.98. The third kappa shape index (κ3) is 9.07. The molecule has 0 aliphatic rings. The maximum Gasteiger partial charge on any atom is 0.374 e. The number of carbonyl (C=O) groups excluding carboxylic acids is 1. The predicted molar refractivity (Wildman–Crippen MR) is 112 cm³/mol. The van der Waals surface area contributed by atoms with Crippen LogP contribution in [0.3, 0.4) is 0 Å². The number of benzene rings is 1. The highest BCUT2D eigenvalue weighted by Gasteiger charge is 2.25. The Hall–Kier alpha value is -2.90. The largest absolute Gasteiger partial charge is 0.478 e. The van der Waals surface area contributed by atoms with E-state index < -0.39 is 22.6 Å². The summed E-state index contributed by atoms with van der Waals surface area (Å²) in [5.74, 6) is -2.55. The lowest BCUT2D eigenvalue weighted by atomic mass is 10.1. The first-order valence-electron chi connectivity index (χ1n) is 10.5. The van der Waals surface area contributed by atoms with Gasteiger partial charge in [-0.15, -0.1) is 0 Å². The molecule has 0 atom stereocenters. The van der Waals surface area contributed by atoms with E-state index in [2.05, 4.69) is 6.92 Å².